The number of carbonyl (C=O) groups excluding carboxylic acids is 1. The van der Waals surface area contributed by atoms with Gasteiger partial charge >= 0.3 is 5.97 Å². The van der Waals surface area contributed by atoms with Crippen molar-refractivity contribution in [3.63, 3.8) is 0 Å². The molecule has 1 aromatic heterocycles. The van der Waals surface area contributed by atoms with Crippen LogP contribution in [0.2, 0.25) is 0 Å². The molecule has 0 amide bonds. The fourth-order valence-electron chi connectivity index (χ4n) is 1.63. The zero-order valence-electron chi connectivity index (χ0n) is 11.0. The molecule has 0 fully saturated rings. The first-order valence-corrected chi connectivity index (χ1v) is 6.11. The number of aromatic nitrogens is 1. The van der Waals surface area contributed by atoms with Crippen molar-refractivity contribution in [3.05, 3.63) is 47.3 Å². The summed E-state index contributed by atoms with van der Waals surface area (Å²) in [4.78, 5) is 15.4. The summed E-state index contributed by atoms with van der Waals surface area (Å²) in [5.74, 6) is -0.477. The van der Waals surface area contributed by atoms with Gasteiger partial charge in [-0.1, -0.05) is 24.3 Å². The number of hydrogen-bond acceptors (Lipinski definition) is 5. The fraction of sp³-hybridized carbons (Fsp3) is 0.286. The van der Waals surface area contributed by atoms with Crippen molar-refractivity contribution in [1.82, 2.24) is 4.98 Å². The van der Waals surface area contributed by atoms with Crippen molar-refractivity contribution >= 4 is 12.0 Å². The molecule has 0 saturated heterocycles. The smallest absolute Gasteiger partial charge is 0.360 e. The van der Waals surface area contributed by atoms with E-state index in [2.05, 4.69) is 10.3 Å². The Balaban J connectivity index is 1.97. The minimum absolute atomic E-state index is 0.175. The molecule has 0 radical (unpaired) electrons. The molecule has 1 aromatic carbocycles. The average molecular weight is 260 g/mol. The lowest BCUT2D eigenvalue weighted by Crippen LogP contribution is -2.06. The van der Waals surface area contributed by atoms with Crippen molar-refractivity contribution in [3.8, 4) is 0 Å². The van der Waals surface area contributed by atoms with Gasteiger partial charge in [0.15, 0.2) is 5.69 Å². The van der Waals surface area contributed by atoms with E-state index in [1.807, 2.05) is 31.2 Å². The number of carbonyl (C=O) groups is 1. The monoisotopic (exact) mass is 260 g/mol. The molecule has 5 heteroatoms. The van der Waals surface area contributed by atoms with E-state index in [0.717, 1.165) is 5.56 Å². The molecule has 0 bridgehead atoms. The fourth-order valence-corrected chi connectivity index (χ4v) is 1.63. The van der Waals surface area contributed by atoms with E-state index in [-0.39, 0.29) is 5.69 Å². The highest BCUT2D eigenvalue weighted by atomic mass is 16.5. The molecule has 0 atom stereocenters. The van der Waals surface area contributed by atoms with Gasteiger partial charge in [-0.25, -0.2) is 4.79 Å². The van der Waals surface area contributed by atoms with Gasteiger partial charge in [-0.3, -0.25) is 0 Å². The van der Waals surface area contributed by atoms with Gasteiger partial charge in [-0.05, 0) is 25.0 Å². The van der Waals surface area contributed by atoms with E-state index in [9.17, 15) is 4.79 Å². The Morgan fingerprint density at radius 3 is 2.95 bits per heavy atom. The molecule has 0 spiro atoms. The van der Waals surface area contributed by atoms with Gasteiger partial charge in [-0.2, -0.15) is 4.98 Å². The van der Waals surface area contributed by atoms with Crippen molar-refractivity contribution in [2.75, 3.05) is 11.9 Å². The van der Waals surface area contributed by atoms with Crippen LogP contribution in [0.3, 0.4) is 0 Å². The van der Waals surface area contributed by atoms with E-state index in [1.165, 1.54) is 11.8 Å². The second-order valence-corrected chi connectivity index (χ2v) is 4.04. The molecule has 0 unspecified atom stereocenters. The second kappa shape index (κ2) is 6.04. The van der Waals surface area contributed by atoms with Crippen LogP contribution in [-0.2, 0) is 11.3 Å². The summed E-state index contributed by atoms with van der Waals surface area (Å²) >= 11 is 0. The summed E-state index contributed by atoms with van der Waals surface area (Å²) in [6, 6.07) is 8.34. The molecular weight excluding hydrogens is 244 g/mol. The third-order valence-corrected chi connectivity index (χ3v) is 2.68. The zero-order valence-corrected chi connectivity index (χ0v) is 11.0. The predicted molar refractivity (Wildman–Crippen MR) is 71.0 cm³/mol. The van der Waals surface area contributed by atoms with Gasteiger partial charge in [0.2, 0.25) is 0 Å². The number of esters is 1. The molecule has 2 aromatic rings. The van der Waals surface area contributed by atoms with Gasteiger partial charge in [0.05, 0.1) is 6.61 Å². The third kappa shape index (κ3) is 3.34. The Labute approximate surface area is 111 Å². The standard InChI is InChI=1S/C14H16N2O3/c1-3-18-13(17)12-9-19-14(16-12)15-8-11-7-5-4-6-10(11)2/h4-7,9H,3,8H2,1-2H3,(H,15,16). The number of rotatable bonds is 5. The first-order chi connectivity index (χ1) is 9.20. The quantitative estimate of drug-likeness (QED) is 0.837. The maximum absolute atomic E-state index is 11.4. The van der Waals surface area contributed by atoms with Gasteiger partial charge in [0.1, 0.15) is 6.26 Å². The van der Waals surface area contributed by atoms with Crippen molar-refractivity contribution in [2.24, 2.45) is 0 Å². The van der Waals surface area contributed by atoms with Gasteiger partial charge < -0.3 is 14.5 Å². The zero-order chi connectivity index (χ0) is 13.7. The number of benzene rings is 1. The highest BCUT2D eigenvalue weighted by Gasteiger charge is 2.12. The molecule has 5 nitrogen and oxygen atoms in total. The van der Waals surface area contributed by atoms with E-state index in [0.29, 0.717) is 19.2 Å². The highest BCUT2D eigenvalue weighted by molar-refractivity contribution is 5.87. The Morgan fingerprint density at radius 2 is 2.21 bits per heavy atom. The van der Waals surface area contributed by atoms with E-state index < -0.39 is 5.97 Å². The van der Waals surface area contributed by atoms with E-state index >= 15 is 0 Å². The summed E-state index contributed by atoms with van der Waals surface area (Å²) in [6.07, 6.45) is 1.29. The minimum atomic E-state index is -0.477. The Morgan fingerprint density at radius 1 is 1.42 bits per heavy atom. The number of anilines is 1. The van der Waals surface area contributed by atoms with Crippen molar-refractivity contribution in [1.29, 1.82) is 0 Å². The van der Waals surface area contributed by atoms with Gasteiger partial charge in [0, 0.05) is 6.54 Å². The second-order valence-electron chi connectivity index (χ2n) is 4.04. The van der Waals surface area contributed by atoms with Crippen LogP contribution in [0.1, 0.15) is 28.5 Å². The normalized spacial score (nSPS) is 10.2. The molecule has 100 valence electrons. The molecule has 0 aliphatic carbocycles. The topological polar surface area (TPSA) is 64.4 Å². The minimum Gasteiger partial charge on any atom is -0.461 e. The molecule has 1 N–H and O–H groups in total. The van der Waals surface area contributed by atoms with Crippen molar-refractivity contribution < 1.29 is 13.9 Å². The molecule has 19 heavy (non-hydrogen) atoms. The van der Waals surface area contributed by atoms with Crippen LogP contribution in [-0.4, -0.2) is 17.6 Å². The molecule has 0 aliphatic rings. The molecule has 2 rings (SSSR count). The molecule has 1 heterocycles. The number of hydrogen-bond donors (Lipinski definition) is 1. The Kier molecular flexibility index (Phi) is 4.18. The van der Waals surface area contributed by atoms with Crippen LogP contribution in [0, 0.1) is 6.92 Å². The predicted octanol–water partition coefficient (Wildman–Crippen LogP) is 2.77. The summed E-state index contributed by atoms with van der Waals surface area (Å²) in [5, 5.41) is 3.03. The Hall–Kier alpha value is -2.30. The lowest BCUT2D eigenvalue weighted by molar-refractivity contribution is 0.0519. The number of aryl methyl sites for hydroxylation is 1. The first kappa shape index (κ1) is 13.1. The number of nitrogens with one attached hydrogen (secondary N) is 1. The van der Waals surface area contributed by atoms with Gasteiger partial charge in [0.25, 0.3) is 6.01 Å². The van der Waals surface area contributed by atoms with E-state index in [4.69, 9.17) is 9.15 Å². The average Bonchev–Trinajstić information content (AvgIpc) is 2.87. The summed E-state index contributed by atoms with van der Waals surface area (Å²) < 4.78 is 10.0. The maximum Gasteiger partial charge on any atom is 0.360 e. The van der Waals surface area contributed by atoms with Crippen LogP contribution in [0.15, 0.2) is 34.9 Å². The lowest BCUT2D eigenvalue weighted by atomic mass is 10.1. The number of ether oxygens (including phenoxy) is 1. The Bertz CT molecular complexity index is 563. The first-order valence-electron chi connectivity index (χ1n) is 6.11. The molecule has 0 aliphatic heterocycles. The van der Waals surface area contributed by atoms with Crippen molar-refractivity contribution in [2.45, 2.75) is 20.4 Å². The maximum atomic E-state index is 11.4. The summed E-state index contributed by atoms with van der Waals surface area (Å²) in [5.41, 5.74) is 2.51. The van der Waals surface area contributed by atoms with Crippen LogP contribution in [0.25, 0.3) is 0 Å². The lowest BCUT2D eigenvalue weighted by Gasteiger charge is -2.05. The van der Waals surface area contributed by atoms with Crippen LogP contribution >= 0.6 is 0 Å². The summed E-state index contributed by atoms with van der Waals surface area (Å²) in [7, 11) is 0. The van der Waals surface area contributed by atoms with Crippen LogP contribution < -0.4 is 5.32 Å². The van der Waals surface area contributed by atoms with Crippen LogP contribution in [0.5, 0.6) is 0 Å². The number of nitrogens with zero attached hydrogens (tertiary/aromatic N) is 1. The van der Waals surface area contributed by atoms with Gasteiger partial charge in [-0.15, -0.1) is 0 Å². The molecular formula is C14H16N2O3. The number of oxazole rings is 1. The van der Waals surface area contributed by atoms with E-state index in [1.54, 1.807) is 6.92 Å². The SMILES string of the molecule is CCOC(=O)c1coc(NCc2ccccc2C)n1. The summed E-state index contributed by atoms with van der Waals surface area (Å²) in [6.45, 7) is 4.69. The molecule has 0 saturated carbocycles. The largest absolute Gasteiger partial charge is 0.461 e. The van der Waals surface area contributed by atoms with Crippen LogP contribution in [0.4, 0.5) is 6.01 Å². The third-order valence-electron chi connectivity index (χ3n) is 2.68. The highest BCUT2D eigenvalue weighted by Crippen LogP contribution is 2.12.